The van der Waals surface area contributed by atoms with Crippen LogP contribution >= 0.6 is 15.9 Å². The minimum Gasteiger partial charge on any atom is -0.489 e. The lowest BCUT2D eigenvalue weighted by molar-refractivity contribution is 0.279. The number of hydrogen-bond donors (Lipinski definition) is 1. The third-order valence-corrected chi connectivity index (χ3v) is 3.42. The molecule has 0 heterocycles. The van der Waals surface area contributed by atoms with Crippen molar-refractivity contribution in [3.63, 3.8) is 0 Å². The van der Waals surface area contributed by atoms with E-state index in [1.807, 2.05) is 0 Å². The van der Waals surface area contributed by atoms with Crippen molar-refractivity contribution in [3.8, 4) is 5.75 Å². The molecule has 3 nitrogen and oxygen atoms in total. The summed E-state index contributed by atoms with van der Waals surface area (Å²) in [4.78, 5) is 2.35. The predicted molar refractivity (Wildman–Crippen MR) is 80.3 cm³/mol. The quantitative estimate of drug-likeness (QED) is 0.704. The van der Waals surface area contributed by atoms with Crippen molar-refractivity contribution in [3.05, 3.63) is 28.5 Å². The number of nitrogens with one attached hydrogen (secondary N) is 1. The molecule has 1 aromatic carbocycles. The molecule has 0 saturated carbocycles. The summed E-state index contributed by atoms with van der Waals surface area (Å²) in [6.07, 6.45) is 0. The first-order valence-corrected chi connectivity index (χ1v) is 7.47. The lowest BCUT2D eigenvalue weighted by Crippen LogP contribution is -2.33. The molecule has 1 N–H and O–H groups in total. The van der Waals surface area contributed by atoms with Crippen LogP contribution in [0.25, 0.3) is 0 Å². The SMILES string of the molecule is CCN(CC)CCNCCOc1ccc(Br)cc1F. The molecule has 0 fully saturated rings. The van der Waals surface area contributed by atoms with E-state index in [1.54, 1.807) is 12.1 Å². The standard InChI is InChI=1S/C14H22BrFN2O/c1-3-18(4-2)9-7-17-8-10-19-14-6-5-12(15)11-13(14)16/h5-6,11,17H,3-4,7-10H2,1-2H3. The molecule has 0 aliphatic rings. The van der Waals surface area contributed by atoms with Gasteiger partial charge in [0.25, 0.3) is 0 Å². The highest BCUT2D eigenvalue weighted by atomic mass is 79.9. The fraction of sp³-hybridized carbons (Fsp3) is 0.571. The molecule has 108 valence electrons. The number of benzene rings is 1. The van der Waals surface area contributed by atoms with Gasteiger partial charge in [-0.25, -0.2) is 4.39 Å². The Morgan fingerprint density at radius 3 is 2.63 bits per heavy atom. The minimum absolute atomic E-state index is 0.300. The zero-order chi connectivity index (χ0) is 14.1. The van der Waals surface area contributed by atoms with Crippen molar-refractivity contribution in [2.24, 2.45) is 0 Å². The molecule has 19 heavy (non-hydrogen) atoms. The third kappa shape index (κ3) is 6.36. The fourth-order valence-corrected chi connectivity index (χ4v) is 2.06. The van der Waals surface area contributed by atoms with E-state index in [0.717, 1.165) is 37.2 Å². The Hall–Kier alpha value is -0.650. The van der Waals surface area contributed by atoms with Crippen LogP contribution in [0.2, 0.25) is 0 Å². The number of rotatable bonds is 9. The molecule has 0 aliphatic carbocycles. The number of ether oxygens (including phenoxy) is 1. The summed E-state index contributed by atoms with van der Waals surface area (Å²) in [7, 11) is 0. The summed E-state index contributed by atoms with van der Waals surface area (Å²) in [5.41, 5.74) is 0. The van der Waals surface area contributed by atoms with Crippen LogP contribution < -0.4 is 10.1 Å². The van der Waals surface area contributed by atoms with Crippen molar-refractivity contribution >= 4 is 15.9 Å². The van der Waals surface area contributed by atoms with Crippen molar-refractivity contribution in [1.82, 2.24) is 10.2 Å². The first-order valence-electron chi connectivity index (χ1n) is 6.68. The summed E-state index contributed by atoms with van der Waals surface area (Å²) in [5, 5.41) is 3.29. The van der Waals surface area contributed by atoms with Crippen LogP contribution in [-0.4, -0.2) is 44.2 Å². The van der Waals surface area contributed by atoms with E-state index in [2.05, 4.69) is 40.0 Å². The largest absolute Gasteiger partial charge is 0.489 e. The summed E-state index contributed by atoms with van der Waals surface area (Å²) in [6, 6.07) is 4.81. The van der Waals surface area contributed by atoms with E-state index in [9.17, 15) is 4.39 Å². The van der Waals surface area contributed by atoms with Gasteiger partial charge in [-0.05, 0) is 31.3 Å². The van der Waals surface area contributed by atoms with Crippen LogP contribution in [0, 0.1) is 5.82 Å². The molecule has 1 rings (SSSR count). The van der Waals surface area contributed by atoms with Gasteiger partial charge in [-0.15, -0.1) is 0 Å². The van der Waals surface area contributed by atoms with Gasteiger partial charge in [0.2, 0.25) is 0 Å². The molecular formula is C14H22BrFN2O. The van der Waals surface area contributed by atoms with Gasteiger partial charge in [-0.1, -0.05) is 29.8 Å². The summed E-state index contributed by atoms with van der Waals surface area (Å²) < 4.78 is 19.5. The molecule has 1 aromatic rings. The first-order chi connectivity index (χ1) is 9.17. The third-order valence-electron chi connectivity index (χ3n) is 2.93. The van der Waals surface area contributed by atoms with E-state index in [4.69, 9.17) is 4.74 Å². The summed E-state index contributed by atoms with van der Waals surface area (Å²) in [5.74, 6) is -0.0359. The van der Waals surface area contributed by atoms with Gasteiger partial charge in [0.15, 0.2) is 11.6 Å². The van der Waals surface area contributed by atoms with Gasteiger partial charge in [-0.3, -0.25) is 0 Å². The van der Waals surface area contributed by atoms with Crippen molar-refractivity contribution < 1.29 is 9.13 Å². The lowest BCUT2D eigenvalue weighted by atomic mass is 10.3. The molecule has 0 unspecified atom stereocenters. The van der Waals surface area contributed by atoms with Crippen LogP contribution in [0.15, 0.2) is 22.7 Å². The predicted octanol–water partition coefficient (Wildman–Crippen LogP) is 2.90. The molecule has 0 spiro atoms. The maximum Gasteiger partial charge on any atom is 0.166 e. The second-order valence-corrected chi connectivity index (χ2v) is 5.12. The van der Waals surface area contributed by atoms with E-state index in [1.165, 1.54) is 6.07 Å². The van der Waals surface area contributed by atoms with Gasteiger partial charge in [0.1, 0.15) is 6.61 Å². The summed E-state index contributed by atoms with van der Waals surface area (Å²) in [6.45, 7) is 9.59. The Morgan fingerprint density at radius 2 is 2.00 bits per heavy atom. The second kappa shape index (κ2) is 9.28. The summed E-state index contributed by atoms with van der Waals surface area (Å²) >= 11 is 3.21. The molecular weight excluding hydrogens is 311 g/mol. The van der Waals surface area contributed by atoms with Crippen molar-refractivity contribution in [1.29, 1.82) is 0 Å². The fourth-order valence-electron chi connectivity index (χ4n) is 1.73. The Bertz CT molecular complexity index is 372. The number of halogens is 2. The number of nitrogens with zero attached hydrogens (tertiary/aromatic N) is 1. The van der Waals surface area contributed by atoms with Gasteiger partial charge >= 0.3 is 0 Å². The van der Waals surface area contributed by atoms with Crippen LogP contribution in [0.5, 0.6) is 5.75 Å². The molecule has 0 atom stereocenters. The topological polar surface area (TPSA) is 24.5 Å². The van der Waals surface area contributed by atoms with Crippen molar-refractivity contribution in [2.45, 2.75) is 13.8 Å². The molecule has 0 amide bonds. The zero-order valence-corrected chi connectivity index (χ0v) is 13.2. The van der Waals surface area contributed by atoms with Crippen molar-refractivity contribution in [2.75, 3.05) is 39.3 Å². The molecule has 0 radical (unpaired) electrons. The van der Waals surface area contributed by atoms with Crippen LogP contribution in [0.1, 0.15) is 13.8 Å². The molecule has 0 saturated heterocycles. The Kier molecular flexibility index (Phi) is 8.02. The van der Waals surface area contributed by atoms with Gasteiger partial charge < -0.3 is 15.0 Å². The zero-order valence-electron chi connectivity index (χ0n) is 11.6. The Balaban J connectivity index is 2.14. The van der Waals surface area contributed by atoms with Gasteiger partial charge in [0, 0.05) is 24.1 Å². The van der Waals surface area contributed by atoms with E-state index in [0.29, 0.717) is 12.4 Å². The van der Waals surface area contributed by atoms with Crippen LogP contribution in [-0.2, 0) is 0 Å². The molecule has 0 bridgehead atoms. The number of likely N-dealkylation sites (N-methyl/N-ethyl adjacent to an activating group) is 1. The Morgan fingerprint density at radius 1 is 1.26 bits per heavy atom. The first kappa shape index (κ1) is 16.4. The monoisotopic (exact) mass is 332 g/mol. The van der Waals surface area contributed by atoms with E-state index >= 15 is 0 Å². The van der Waals surface area contributed by atoms with Crippen LogP contribution in [0.4, 0.5) is 4.39 Å². The average Bonchev–Trinajstić information content (AvgIpc) is 2.40. The molecule has 5 heteroatoms. The highest BCUT2D eigenvalue weighted by Crippen LogP contribution is 2.21. The molecule has 0 aliphatic heterocycles. The maximum absolute atomic E-state index is 13.4. The normalized spacial score (nSPS) is 11.0. The highest BCUT2D eigenvalue weighted by Gasteiger charge is 2.03. The molecule has 0 aromatic heterocycles. The highest BCUT2D eigenvalue weighted by molar-refractivity contribution is 9.10. The van der Waals surface area contributed by atoms with Gasteiger partial charge in [0.05, 0.1) is 0 Å². The average molecular weight is 333 g/mol. The van der Waals surface area contributed by atoms with E-state index in [-0.39, 0.29) is 5.82 Å². The van der Waals surface area contributed by atoms with Gasteiger partial charge in [-0.2, -0.15) is 0 Å². The van der Waals surface area contributed by atoms with E-state index < -0.39 is 0 Å². The van der Waals surface area contributed by atoms with Crippen LogP contribution in [0.3, 0.4) is 0 Å². The maximum atomic E-state index is 13.4. The smallest absolute Gasteiger partial charge is 0.166 e. The lowest BCUT2D eigenvalue weighted by Gasteiger charge is -2.18. The minimum atomic E-state index is -0.336. The Labute approximate surface area is 123 Å². The second-order valence-electron chi connectivity index (χ2n) is 4.20. The number of hydrogen-bond acceptors (Lipinski definition) is 3.